The number of carbonyl (C=O) groups excluding carboxylic acids is 1. The van der Waals surface area contributed by atoms with Crippen molar-refractivity contribution in [1.29, 1.82) is 0 Å². The highest BCUT2D eigenvalue weighted by molar-refractivity contribution is 7.99. The molecule has 5 rings (SSSR count). The van der Waals surface area contributed by atoms with E-state index in [-0.39, 0.29) is 46.9 Å². The predicted octanol–water partition coefficient (Wildman–Crippen LogP) is 6.70. The lowest BCUT2D eigenvalue weighted by molar-refractivity contribution is -0.137. The van der Waals surface area contributed by atoms with Crippen molar-refractivity contribution < 1.29 is 18.0 Å². The molecule has 0 saturated carbocycles. The number of amides is 1. The molecule has 4 heterocycles. The van der Waals surface area contributed by atoms with Crippen LogP contribution in [0.5, 0.6) is 0 Å². The number of aromatic amines is 1. The number of aryl methyl sites for hydroxylation is 1. The first-order valence-corrected chi connectivity index (χ1v) is 16.8. The summed E-state index contributed by atoms with van der Waals surface area (Å²) in [5.74, 6) is 0.545. The van der Waals surface area contributed by atoms with Gasteiger partial charge in [-0.3, -0.25) is 14.2 Å². The molecule has 9 nitrogen and oxygen atoms in total. The number of thiophene rings is 1. The van der Waals surface area contributed by atoms with Crippen molar-refractivity contribution >= 4 is 57.3 Å². The molecular weight excluding hydrogens is 661 g/mol. The van der Waals surface area contributed by atoms with Crippen LogP contribution in [0.15, 0.2) is 63.0 Å². The number of piperazine rings is 1. The SMILES string of the molecule is C=CC(=O)N1C(C)CN(c2nc(=O)n(CC)c3c(SCCC)c(-c4cc(Cl)cs4)c(C(F)(F)F)cc23)CC1C.O=c1cccn[nH]1. The van der Waals surface area contributed by atoms with E-state index in [1.54, 1.807) is 23.3 Å². The molecule has 0 aliphatic carbocycles. The van der Waals surface area contributed by atoms with Crippen LogP contribution in [0.4, 0.5) is 19.0 Å². The third kappa shape index (κ3) is 7.50. The van der Waals surface area contributed by atoms with Crippen LogP contribution in [-0.4, -0.2) is 61.5 Å². The first-order chi connectivity index (χ1) is 21.8. The van der Waals surface area contributed by atoms with Crippen LogP contribution in [0.25, 0.3) is 21.3 Å². The summed E-state index contributed by atoms with van der Waals surface area (Å²) in [6.45, 7) is 11.9. The normalized spacial score (nSPS) is 16.7. The van der Waals surface area contributed by atoms with E-state index in [4.69, 9.17) is 11.6 Å². The summed E-state index contributed by atoms with van der Waals surface area (Å²) in [5.41, 5.74) is -1.02. The number of alkyl halides is 3. The second-order valence-electron chi connectivity index (χ2n) is 10.6. The highest BCUT2D eigenvalue weighted by Crippen LogP contribution is 2.49. The summed E-state index contributed by atoms with van der Waals surface area (Å²) in [5, 5.41) is 7.89. The second-order valence-corrected chi connectivity index (χ2v) is 13.1. The number of fused-ring (bicyclic) bond motifs is 1. The molecule has 0 spiro atoms. The third-order valence-corrected chi connectivity index (χ3v) is 9.91. The zero-order valence-electron chi connectivity index (χ0n) is 25.7. The van der Waals surface area contributed by atoms with Crippen molar-refractivity contribution in [2.45, 2.75) is 63.8 Å². The predicted molar refractivity (Wildman–Crippen MR) is 179 cm³/mol. The molecular formula is C31H34ClF3N6O3S2. The molecule has 1 aromatic carbocycles. The molecule has 1 saturated heterocycles. The first kappa shape index (κ1) is 35.2. The number of anilines is 1. The van der Waals surface area contributed by atoms with E-state index in [0.717, 1.165) is 23.8 Å². The third-order valence-electron chi connectivity index (χ3n) is 7.32. The largest absolute Gasteiger partial charge is 0.417 e. The molecule has 46 heavy (non-hydrogen) atoms. The summed E-state index contributed by atoms with van der Waals surface area (Å²) in [6.07, 6.45) is -1.16. The summed E-state index contributed by atoms with van der Waals surface area (Å²) >= 11 is 8.60. The molecule has 1 amide bonds. The number of carbonyl (C=O) groups is 1. The van der Waals surface area contributed by atoms with Gasteiger partial charge in [-0.15, -0.1) is 23.1 Å². The van der Waals surface area contributed by atoms with Gasteiger partial charge in [-0.25, -0.2) is 9.89 Å². The molecule has 246 valence electrons. The van der Waals surface area contributed by atoms with E-state index in [0.29, 0.717) is 39.2 Å². The van der Waals surface area contributed by atoms with Crippen LogP contribution in [0.2, 0.25) is 5.02 Å². The van der Waals surface area contributed by atoms with E-state index in [9.17, 15) is 27.6 Å². The maximum Gasteiger partial charge on any atom is 0.417 e. The number of hydrogen-bond acceptors (Lipinski definition) is 8. The van der Waals surface area contributed by atoms with Crippen molar-refractivity contribution in [1.82, 2.24) is 24.6 Å². The first-order valence-electron chi connectivity index (χ1n) is 14.6. The van der Waals surface area contributed by atoms with E-state index >= 15 is 0 Å². The lowest BCUT2D eigenvalue weighted by atomic mass is 10.0. The Kier molecular flexibility index (Phi) is 11.4. The molecule has 1 aliphatic rings. The Balaban J connectivity index is 0.000000606. The Labute approximate surface area is 277 Å². The van der Waals surface area contributed by atoms with Crippen molar-refractivity contribution in [2.24, 2.45) is 0 Å². The van der Waals surface area contributed by atoms with E-state index < -0.39 is 17.4 Å². The number of thioether (sulfide) groups is 1. The molecule has 4 aromatic rings. The quantitative estimate of drug-likeness (QED) is 0.170. The number of halogens is 4. The molecule has 0 radical (unpaired) electrons. The number of benzene rings is 1. The summed E-state index contributed by atoms with van der Waals surface area (Å²) in [7, 11) is 0. The van der Waals surface area contributed by atoms with Crippen molar-refractivity contribution in [3.05, 3.63) is 79.9 Å². The van der Waals surface area contributed by atoms with Crippen molar-refractivity contribution in [3.63, 3.8) is 0 Å². The molecule has 2 atom stereocenters. The minimum Gasteiger partial charge on any atom is -0.352 e. The van der Waals surface area contributed by atoms with Crippen LogP contribution in [0.3, 0.4) is 0 Å². The van der Waals surface area contributed by atoms with Gasteiger partial charge in [0.15, 0.2) is 0 Å². The smallest absolute Gasteiger partial charge is 0.352 e. The molecule has 1 N–H and O–H groups in total. The monoisotopic (exact) mass is 694 g/mol. The van der Waals surface area contributed by atoms with Gasteiger partial charge in [0, 0.05) is 70.1 Å². The van der Waals surface area contributed by atoms with Crippen LogP contribution in [0.1, 0.15) is 39.7 Å². The minimum absolute atomic E-state index is 0.0345. The van der Waals surface area contributed by atoms with Crippen LogP contribution >= 0.6 is 34.7 Å². The lowest BCUT2D eigenvalue weighted by Crippen LogP contribution is -2.58. The van der Waals surface area contributed by atoms with Crippen molar-refractivity contribution in [2.75, 3.05) is 23.7 Å². The second kappa shape index (κ2) is 14.9. The van der Waals surface area contributed by atoms with Gasteiger partial charge >= 0.3 is 11.9 Å². The van der Waals surface area contributed by atoms with Gasteiger partial charge in [0.1, 0.15) is 5.82 Å². The Hall–Kier alpha value is -3.62. The van der Waals surface area contributed by atoms with Crippen molar-refractivity contribution in [3.8, 4) is 10.4 Å². The summed E-state index contributed by atoms with van der Waals surface area (Å²) < 4.78 is 45.6. The molecule has 15 heteroatoms. The molecule has 1 aliphatic heterocycles. The van der Waals surface area contributed by atoms with Gasteiger partial charge in [0.2, 0.25) is 5.91 Å². The van der Waals surface area contributed by atoms with Crippen LogP contribution in [-0.2, 0) is 17.5 Å². The number of aromatic nitrogens is 4. The van der Waals surface area contributed by atoms with Gasteiger partial charge in [-0.1, -0.05) is 25.1 Å². The number of rotatable bonds is 7. The fraction of sp³-hybridized carbons (Fsp3) is 0.387. The Morgan fingerprint density at radius 2 is 1.91 bits per heavy atom. The van der Waals surface area contributed by atoms with E-state index in [2.05, 4.69) is 21.8 Å². The molecule has 0 bridgehead atoms. The Bertz CT molecular complexity index is 1810. The van der Waals surface area contributed by atoms with Gasteiger partial charge in [0.25, 0.3) is 5.56 Å². The Morgan fingerprint density at radius 1 is 1.22 bits per heavy atom. The van der Waals surface area contributed by atoms with E-state index in [1.165, 1.54) is 40.7 Å². The molecule has 1 fully saturated rings. The number of H-pyrrole nitrogens is 1. The number of hydrogen-bond donors (Lipinski definition) is 1. The zero-order valence-corrected chi connectivity index (χ0v) is 28.1. The highest BCUT2D eigenvalue weighted by atomic mass is 35.5. The molecule has 3 aromatic heterocycles. The van der Waals surface area contributed by atoms with Gasteiger partial charge in [-0.2, -0.15) is 23.3 Å². The van der Waals surface area contributed by atoms with Gasteiger partial charge in [-0.05, 0) is 57.2 Å². The lowest BCUT2D eigenvalue weighted by Gasteiger charge is -2.44. The summed E-state index contributed by atoms with van der Waals surface area (Å²) in [6, 6.07) is 5.11. The van der Waals surface area contributed by atoms with E-state index in [1.807, 2.05) is 25.7 Å². The van der Waals surface area contributed by atoms with Crippen LogP contribution < -0.4 is 16.1 Å². The highest BCUT2D eigenvalue weighted by Gasteiger charge is 2.39. The summed E-state index contributed by atoms with van der Waals surface area (Å²) in [4.78, 5) is 44.6. The van der Waals surface area contributed by atoms with Gasteiger partial charge < -0.3 is 9.80 Å². The van der Waals surface area contributed by atoms with Crippen LogP contribution in [0, 0.1) is 0 Å². The fourth-order valence-electron chi connectivity index (χ4n) is 5.53. The molecule has 2 unspecified atom stereocenters. The Morgan fingerprint density at radius 3 is 2.39 bits per heavy atom. The number of nitrogens with zero attached hydrogens (tertiary/aromatic N) is 5. The maximum atomic E-state index is 14.7. The van der Waals surface area contributed by atoms with Gasteiger partial charge in [0.05, 0.1) is 16.1 Å². The number of nitrogens with one attached hydrogen (secondary N) is 1. The maximum absolute atomic E-state index is 14.7. The topological polar surface area (TPSA) is 104 Å². The fourth-order valence-corrected chi connectivity index (χ4v) is 7.87. The standard InChI is InChI=1S/C27H30ClF3N4O2S2.C4H4N2O/c1-6-9-38-24-22(20-10-17(28)14-39-20)19(27(29,30)31)11-18-23(24)34(8-3)26(37)32-25(18)33-12-15(4)35(16(5)13-33)21(36)7-2;7-4-2-1-3-5-6-4/h7,10-11,14-16H,2,6,8-9,12-13H2,1,3-5H3;1-3H,(H,6,7). The average molecular weight is 695 g/mol. The average Bonchev–Trinajstić information content (AvgIpc) is 3.44. The zero-order chi connectivity index (χ0) is 33.8. The minimum atomic E-state index is -4.67.